The highest BCUT2D eigenvalue weighted by molar-refractivity contribution is 7.57. The summed E-state index contributed by atoms with van der Waals surface area (Å²) in [6.45, 7) is 4.21. The molecule has 0 fully saturated rings. The van der Waals surface area contributed by atoms with E-state index < -0.39 is 7.60 Å². The van der Waals surface area contributed by atoms with Gasteiger partial charge in [0.1, 0.15) is 0 Å². The molecule has 15 heavy (non-hydrogen) atoms. The topological polar surface area (TPSA) is 72.4 Å². The highest BCUT2D eigenvalue weighted by Crippen LogP contribution is 2.26. The first-order chi connectivity index (χ1) is 6.96. The Bertz CT molecular complexity index is 383. The molecule has 0 amide bonds. The molecule has 0 saturated heterocycles. The summed E-state index contributed by atoms with van der Waals surface area (Å²) in [5, 5.41) is -0.157. The molecular weight excluding hydrogens is 215 g/mol. The second-order valence-electron chi connectivity index (χ2n) is 3.21. The van der Waals surface area contributed by atoms with Crippen molar-refractivity contribution in [2.45, 2.75) is 20.5 Å². The number of rotatable bonds is 4. The average molecular weight is 228 g/mol. The van der Waals surface area contributed by atoms with Crippen molar-refractivity contribution in [2.24, 2.45) is 0 Å². The lowest BCUT2D eigenvalue weighted by Crippen LogP contribution is -2.28. The van der Waals surface area contributed by atoms with Crippen LogP contribution >= 0.6 is 7.60 Å². The molecule has 0 heterocycles. The van der Waals surface area contributed by atoms with E-state index in [0.29, 0.717) is 12.2 Å². The Morgan fingerprint density at radius 1 is 1.40 bits per heavy atom. The minimum Gasteiger partial charge on any atom is -0.807 e. The third kappa shape index (κ3) is 3.14. The molecule has 0 saturated carbocycles. The van der Waals surface area contributed by atoms with Crippen LogP contribution in [0.4, 0.5) is 0 Å². The van der Waals surface area contributed by atoms with Gasteiger partial charge in [0.15, 0.2) is 0 Å². The van der Waals surface area contributed by atoms with E-state index >= 15 is 0 Å². The average Bonchev–Trinajstić information content (AvgIpc) is 2.14. The Morgan fingerprint density at radius 2 is 2.07 bits per heavy atom. The number of hydrogen-bond donors (Lipinski definition) is 0. The summed E-state index contributed by atoms with van der Waals surface area (Å²) in [5.74, 6) is 0. The first-order valence-corrected chi connectivity index (χ1v) is 6.20. The smallest absolute Gasteiger partial charge is 0.0725 e. The van der Waals surface area contributed by atoms with E-state index in [1.165, 1.54) is 6.07 Å². The Morgan fingerprint density at radius 3 is 2.60 bits per heavy atom. The van der Waals surface area contributed by atoms with Gasteiger partial charge in [0, 0.05) is 6.61 Å². The molecule has 84 valence electrons. The Hall–Kier alpha value is -0.670. The molecule has 1 aromatic rings. The summed E-state index contributed by atoms with van der Waals surface area (Å²) in [6.07, 6.45) is 0. The van der Waals surface area contributed by atoms with E-state index in [2.05, 4.69) is 0 Å². The minimum absolute atomic E-state index is 0.157. The van der Waals surface area contributed by atoms with Crippen LogP contribution in [0.1, 0.15) is 18.1 Å². The van der Waals surface area contributed by atoms with Crippen molar-refractivity contribution in [3.8, 4) is 0 Å². The Kier molecular flexibility index (Phi) is 4.05. The van der Waals surface area contributed by atoms with Gasteiger partial charge in [0.05, 0.1) is 6.61 Å². The van der Waals surface area contributed by atoms with Gasteiger partial charge in [-0.05, 0) is 37.9 Å². The Labute approximate surface area is 89.1 Å². The summed E-state index contributed by atoms with van der Waals surface area (Å²) in [7, 11) is -4.70. The quantitative estimate of drug-likeness (QED) is 0.683. The van der Waals surface area contributed by atoms with Gasteiger partial charge in [-0.3, -0.25) is 0 Å². The lowest BCUT2D eigenvalue weighted by atomic mass is 10.1. The van der Waals surface area contributed by atoms with Crippen molar-refractivity contribution in [1.29, 1.82) is 0 Å². The van der Waals surface area contributed by atoms with Gasteiger partial charge in [-0.25, -0.2) is 0 Å². The van der Waals surface area contributed by atoms with Gasteiger partial charge in [0.25, 0.3) is 0 Å². The molecule has 0 N–H and O–H groups in total. The summed E-state index contributed by atoms with van der Waals surface area (Å²) in [5.41, 5.74) is 1.22. The summed E-state index contributed by atoms with van der Waals surface area (Å²) in [6, 6.07) is 4.64. The molecule has 0 aromatic heterocycles. The van der Waals surface area contributed by atoms with Gasteiger partial charge in [-0.1, -0.05) is 18.2 Å². The first-order valence-electron chi connectivity index (χ1n) is 4.65. The van der Waals surface area contributed by atoms with Crippen molar-refractivity contribution >= 4 is 12.9 Å². The fourth-order valence-corrected chi connectivity index (χ4v) is 2.18. The van der Waals surface area contributed by atoms with E-state index in [9.17, 15) is 14.4 Å². The van der Waals surface area contributed by atoms with E-state index in [0.717, 1.165) is 5.56 Å². The zero-order chi connectivity index (χ0) is 11.5. The van der Waals surface area contributed by atoms with Crippen molar-refractivity contribution in [1.82, 2.24) is 0 Å². The standard InChI is InChI=1S/C10H15O4P/c1-3-14-7-9-8(2)5-4-6-10(9)15(11,12)13/h4-6H,3,7H2,1-2H3,(H2,11,12,13)/p-2. The predicted molar refractivity (Wildman–Crippen MR) is 53.7 cm³/mol. The molecule has 0 radical (unpaired) electrons. The second kappa shape index (κ2) is 4.90. The zero-order valence-electron chi connectivity index (χ0n) is 8.73. The third-order valence-corrected chi connectivity index (χ3v) is 3.14. The van der Waals surface area contributed by atoms with Crippen LogP contribution in [-0.4, -0.2) is 6.61 Å². The molecule has 0 aliphatic carbocycles. The largest absolute Gasteiger partial charge is 0.807 e. The van der Waals surface area contributed by atoms with Gasteiger partial charge in [0.2, 0.25) is 0 Å². The van der Waals surface area contributed by atoms with Crippen LogP contribution in [0, 0.1) is 6.92 Å². The molecule has 1 aromatic carbocycles. The zero-order valence-corrected chi connectivity index (χ0v) is 9.62. The number of benzene rings is 1. The van der Waals surface area contributed by atoms with E-state index in [1.54, 1.807) is 19.1 Å². The predicted octanol–water partition coefficient (Wildman–Crippen LogP) is 0.0705. The van der Waals surface area contributed by atoms with Crippen LogP contribution in [0.5, 0.6) is 0 Å². The molecule has 4 nitrogen and oxygen atoms in total. The Balaban J connectivity index is 3.15. The molecular formula is C10H13O4P-2. The molecule has 1 rings (SSSR count). The molecule has 0 bridgehead atoms. The van der Waals surface area contributed by atoms with Gasteiger partial charge in [-0.15, -0.1) is 0 Å². The van der Waals surface area contributed by atoms with Crippen LogP contribution in [0.3, 0.4) is 0 Å². The van der Waals surface area contributed by atoms with Gasteiger partial charge >= 0.3 is 0 Å². The maximum absolute atomic E-state index is 11.0. The number of hydrogen-bond acceptors (Lipinski definition) is 4. The number of aryl methyl sites for hydroxylation is 1. The molecule has 5 heteroatoms. The lowest BCUT2D eigenvalue weighted by molar-refractivity contribution is -0.308. The van der Waals surface area contributed by atoms with Gasteiger partial charge < -0.3 is 19.1 Å². The third-order valence-electron chi connectivity index (χ3n) is 2.13. The van der Waals surface area contributed by atoms with Crippen molar-refractivity contribution in [2.75, 3.05) is 6.61 Å². The van der Waals surface area contributed by atoms with Gasteiger partial charge in [-0.2, -0.15) is 0 Å². The monoisotopic (exact) mass is 228 g/mol. The second-order valence-corrected chi connectivity index (χ2v) is 4.68. The highest BCUT2D eigenvalue weighted by atomic mass is 31.2. The lowest BCUT2D eigenvalue weighted by Gasteiger charge is -2.32. The molecule has 0 aliphatic heterocycles. The summed E-state index contributed by atoms with van der Waals surface area (Å²) < 4.78 is 16.1. The number of ether oxygens (including phenoxy) is 1. The van der Waals surface area contributed by atoms with Crippen molar-refractivity contribution in [3.05, 3.63) is 29.3 Å². The van der Waals surface area contributed by atoms with Crippen LogP contribution in [0.25, 0.3) is 0 Å². The minimum atomic E-state index is -4.70. The van der Waals surface area contributed by atoms with Crippen LogP contribution < -0.4 is 15.1 Å². The normalized spacial score (nSPS) is 11.7. The van der Waals surface area contributed by atoms with Crippen molar-refractivity contribution < 1.29 is 19.1 Å². The van der Waals surface area contributed by atoms with Crippen LogP contribution in [0.15, 0.2) is 18.2 Å². The van der Waals surface area contributed by atoms with Crippen molar-refractivity contribution in [3.63, 3.8) is 0 Å². The summed E-state index contributed by atoms with van der Waals surface area (Å²) in [4.78, 5) is 22.0. The fraction of sp³-hybridized carbons (Fsp3) is 0.400. The van der Waals surface area contributed by atoms with E-state index in [-0.39, 0.29) is 11.9 Å². The molecule has 0 atom stereocenters. The van der Waals surface area contributed by atoms with E-state index in [1.807, 2.05) is 6.92 Å². The maximum Gasteiger partial charge on any atom is 0.0725 e. The van der Waals surface area contributed by atoms with E-state index in [4.69, 9.17) is 4.74 Å². The molecule has 0 unspecified atom stereocenters. The van der Waals surface area contributed by atoms with Crippen LogP contribution in [0.2, 0.25) is 0 Å². The first kappa shape index (κ1) is 12.4. The summed E-state index contributed by atoms with van der Waals surface area (Å²) >= 11 is 0. The molecule has 0 aliphatic rings. The maximum atomic E-state index is 11.0. The molecule has 0 spiro atoms. The van der Waals surface area contributed by atoms with Crippen LogP contribution in [-0.2, 0) is 15.9 Å². The SMILES string of the molecule is CCOCc1c(C)cccc1P(=O)([O-])[O-]. The fourth-order valence-electron chi connectivity index (χ4n) is 1.34. The highest BCUT2D eigenvalue weighted by Gasteiger charge is 2.08.